The molecule has 1 fully saturated rings. The largest absolute Gasteiger partial charge is 0.486 e. The van der Waals surface area contributed by atoms with Crippen molar-refractivity contribution in [3.05, 3.63) is 71.8 Å². The Bertz CT molecular complexity index is 1450. The summed E-state index contributed by atoms with van der Waals surface area (Å²) in [6.45, 7) is 7.07. The lowest BCUT2D eigenvalue weighted by Gasteiger charge is -2.32. The molecule has 1 atom stereocenters. The fourth-order valence-corrected chi connectivity index (χ4v) is 4.77. The number of hydrogen-bond acceptors (Lipinski definition) is 7. The van der Waals surface area contributed by atoms with Gasteiger partial charge in [0.15, 0.2) is 5.65 Å². The minimum absolute atomic E-state index is 0.0480. The number of piperidine rings is 1. The van der Waals surface area contributed by atoms with Crippen LogP contribution in [0.25, 0.3) is 22.3 Å². The summed E-state index contributed by atoms with van der Waals surface area (Å²) in [6.07, 6.45) is 4.49. The zero-order valence-corrected chi connectivity index (χ0v) is 20.6. The van der Waals surface area contributed by atoms with Gasteiger partial charge in [-0.15, -0.1) is 0 Å². The molecular formula is C26H26ClN7O2. The van der Waals surface area contributed by atoms with E-state index in [1.165, 1.54) is 12.4 Å². The van der Waals surface area contributed by atoms with Crippen molar-refractivity contribution in [2.45, 2.75) is 32.4 Å². The van der Waals surface area contributed by atoms with Gasteiger partial charge in [0.1, 0.15) is 30.2 Å². The first-order valence-electron chi connectivity index (χ1n) is 11.7. The number of carbonyl (C=O) groups excluding carboxylic acids is 1. The Balaban J connectivity index is 1.47. The SMILES string of the molecule is C=CC(=O)N1CCC[C@@H](n2nc(-c3ccc(OCc4cccc(C)n4)c(Cl)c3)c3c(N)ncnc32)C1. The maximum absolute atomic E-state index is 12.2. The fraction of sp³-hybridized carbons (Fsp3) is 0.269. The number of amides is 1. The molecule has 184 valence electrons. The van der Waals surface area contributed by atoms with Crippen LogP contribution in [-0.2, 0) is 11.4 Å². The van der Waals surface area contributed by atoms with Crippen molar-refractivity contribution in [2.75, 3.05) is 18.8 Å². The smallest absolute Gasteiger partial charge is 0.246 e. The number of pyridine rings is 1. The Kier molecular flexibility index (Phi) is 6.56. The van der Waals surface area contributed by atoms with E-state index in [0.29, 0.717) is 53.0 Å². The van der Waals surface area contributed by atoms with E-state index in [1.54, 1.807) is 11.0 Å². The summed E-state index contributed by atoms with van der Waals surface area (Å²) in [6, 6.07) is 11.2. The molecule has 1 saturated heterocycles. The molecule has 9 nitrogen and oxygen atoms in total. The number of ether oxygens (including phenoxy) is 1. The van der Waals surface area contributed by atoms with Crippen molar-refractivity contribution in [1.29, 1.82) is 0 Å². The number of aryl methyl sites for hydroxylation is 1. The third-order valence-electron chi connectivity index (χ3n) is 6.27. The Labute approximate surface area is 213 Å². The number of nitrogens with zero attached hydrogens (tertiary/aromatic N) is 6. The van der Waals surface area contributed by atoms with Gasteiger partial charge < -0.3 is 15.4 Å². The first-order chi connectivity index (χ1) is 17.4. The molecule has 0 unspecified atom stereocenters. The van der Waals surface area contributed by atoms with Crippen molar-refractivity contribution in [1.82, 2.24) is 29.6 Å². The Hall–Kier alpha value is -3.98. The Morgan fingerprint density at radius 1 is 1.31 bits per heavy atom. The molecule has 3 aromatic heterocycles. The van der Waals surface area contributed by atoms with E-state index in [2.05, 4.69) is 21.5 Å². The van der Waals surface area contributed by atoms with Gasteiger partial charge in [-0.2, -0.15) is 5.10 Å². The van der Waals surface area contributed by atoms with E-state index >= 15 is 0 Å². The Morgan fingerprint density at radius 3 is 2.94 bits per heavy atom. The van der Waals surface area contributed by atoms with Crippen LogP contribution in [0, 0.1) is 6.92 Å². The summed E-state index contributed by atoms with van der Waals surface area (Å²) in [4.78, 5) is 27.1. The molecule has 1 aliphatic rings. The lowest BCUT2D eigenvalue weighted by atomic mass is 10.1. The molecular weight excluding hydrogens is 478 g/mol. The Morgan fingerprint density at radius 2 is 2.17 bits per heavy atom. The number of halogens is 1. The van der Waals surface area contributed by atoms with Gasteiger partial charge in [0.25, 0.3) is 0 Å². The molecule has 4 aromatic rings. The van der Waals surface area contributed by atoms with Gasteiger partial charge in [-0.25, -0.2) is 14.6 Å². The summed E-state index contributed by atoms with van der Waals surface area (Å²) in [5.41, 5.74) is 10.0. The highest BCUT2D eigenvalue weighted by Crippen LogP contribution is 2.36. The number of aromatic nitrogens is 5. The van der Waals surface area contributed by atoms with Crippen LogP contribution in [0.2, 0.25) is 5.02 Å². The minimum Gasteiger partial charge on any atom is -0.486 e. The highest BCUT2D eigenvalue weighted by atomic mass is 35.5. The van der Waals surface area contributed by atoms with Crippen LogP contribution in [0.4, 0.5) is 5.82 Å². The first kappa shape index (κ1) is 23.7. The lowest BCUT2D eigenvalue weighted by molar-refractivity contribution is -0.127. The van der Waals surface area contributed by atoms with Crippen LogP contribution >= 0.6 is 11.6 Å². The summed E-state index contributed by atoms with van der Waals surface area (Å²) >= 11 is 6.60. The zero-order chi connectivity index (χ0) is 25.2. The lowest BCUT2D eigenvalue weighted by Crippen LogP contribution is -2.40. The number of rotatable bonds is 6. The number of nitrogens with two attached hydrogens (primary N) is 1. The standard InChI is InChI=1S/C26H26ClN7O2/c1-3-22(35)33-11-5-8-19(13-33)34-26-23(25(28)29-15-30-26)24(32-34)17-9-10-21(20(27)12-17)36-14-18-7-4-6-16(2)31-18/h3-4,6-7,9-10,12,15,19H,1,5,8,11,13-14H2,2H3,(H2,28,29,30)/t19-/m1/s1. The summed E-state index contributed by atoms with van der Waals surface area (Å²) in [7, 11) is 0. The van der Waals surface area contributed by atoms with Gasteiger partial charge >= 0.3 is 0 Å². The van der Waals surface area contributed by atoms with Crippen LogP contribution in [-0.4, -0.2) is 48.6 Å². The highest BCUT2D eigenvalue weighted by Gasteiger charge is 2.28. The topological polar surface area (TPSA) is 112 Å². The van der Waals surface area contributed by atoms with E-state index in [9.17, 15) is 4.79 Å². The second-order valence-electron chi connectivity index (χ2n) is 8.74. The third kappa shape index (κ3) is 4.61. The number of anilines is 1. The molecule has 1 aliphatic heterocycles. The normalized spacial score (nSPS) is 15.7. The molecule has 5 rings (SSSR count). The number of likely N-dealkylation sites (tertiary alicyclic amines) is 1. The number of nitrogen functional groups attached to an aromatic ring is 1. The molecule has 1 aromatic carbocycles. The van der Waals surface area contributed by atoms with Gasteiger partial charge in [0.2, 0.25) is 5.91 Å². The van der Waals surface area contributed by atoms with E-state index in [1.807, 2.05) is 41.9 Å². The number of benzene rings is 1. The second-order valence-corrected chi connectivity index (χ2v) is 9.15. The van der Waals surface area contributed by atoms with Crippen LogP contribution < -0.4 is 10.5 Å². The number of fused-ring (bicyclic) bond motifs is 1. The predicted octanol–water partition coefficient (Wildman–Crippen LogP) is 4.36. The molecule has 0 aliphatic carbocycles. The van der Waals surface area contributed by atoms with Crippen LogP contribution in [0.5, 0.6) is 5.75 Å². The first-order valence-corrected chi connectivity index (χ1v) is 12.1. The molecule has 2 N–H and O–H groups in total. The molecule has 0 bridgehead atoms. The van der Waals surface area contributed by atoms with E-state index in [4.69, 9.17) is 27.2 Å². The minimum atomic E-state index is -0.0891. The molecule has 36 heavy (non-hydrogen) atoms. The third-order valence-corrected chi connectivity index (χ3v) is 6.57. The summed E-state index contributed by atoms with van der Waals surface area (Å²) < 4.78 is 7.76. The molecule has 10 heteroatoms. The molecule has 0 radical (unpaired) electrons. The van der Waals surface area contributed by atoms with Crippen molar-refractivity contribution < 1.29 is 9.53 Å². The molecule has 4 heterocycles. The molecule has 1 amide bonds. The van der Waals surface area contributed by atoms with Crippen molar-refractivity contribution in [3.8, 4) is 17.0 Å². The monoisotopic (exact) mass is 503 g/mol. The average molecular weight is 504 g/mol. The maximum Gasteiger partial charge on any atom is 0.246 e. The molecule has 0 saturated carbocycles. The van der Waals surface area contributed by atoms with Crippen LogP contribution in [0.3, 0.4) is 0 Å². The van der Waals surface area contributed by atoms with Gasteiger partial charge in [0, 0.05) is 24.3 Å². The summed E-state index contributed by atoms with van der Waals surface area (Å²) in [5.74, 6) is 0.786. The highest BCUT2D eigenvalue weighted by molar-refractivity contribution is 6.32. The van der Waals surface area contributed by atoms with Gasteiger partial charge in [0.05, 0.1) is 22.1 Å². The maximum atomic E-state index is 12.2. The van der Waals surface area contributed by atoms with Gasteiger partial charge in [-0.05, 0) is 56.2 Å². The van der Waals surface area contributed by atoms with Crippen molar-refractivity contribution in [3.63, 3.8) is 0 Å². The fourth-order valence-electron chi connectivity index (χ4n) is 4.53. The number of hydrogen-bond donors (Lipinski definition) is 1. The van der Waals surface area contributed by atoms with Crippen LogP contribution in [0.1, 0.15) is 30.3 Å². The van der Waals surface area contributed by atoms with E-state index < -0.39 is 0 Å². The quantitative estimate of drug-likeness (QED) is 0.389. The van der Waals surface area contributed by atoms with Crippen molar-refractivity contribution >= 4 is 34.4 Å². The van der Waals surface area contributed by atoms with E-state index in [-0.39, 0.29) is 11.9 Å². The van der Waals surface area contributed by atoms with Crippen LogP contribution in [0.15, 0.2) is 55.4 Å². The summed E-state index contributed by atoms with van der Waals surface area (Å²) in [5, 5.41) is 5.99. The average Bonchev–Trinajstić information content (AvgIpc) is 3.29. The van der Waals surface area contributed by atoms with Gasteiger partial charge in [-0.3, -0.25) is 9.78 Å². The number of carbonyl (C=O) groups is 1. The van der Waals surface area contributed by atoms with E-state index in [0.717, 1.165) is 29.8 Å². The second kappa shape index (κ2) is 9.94. The molecule has 0 spiro atoms. The zero-order valence-electron chi connectivity index (χ0n) is 19.9. The van der Waals surface area contributed by atoms with Gasteiger partial charge in [-0.1, -0.05) is 24.2 Å². The van der Waals surface area contributed by atoms with Crippen molar-refractivity contribution in [2.24, 2.45) is 0 Å². The predicted molar refractivity (Wildman–Crippen MR) is 139 cm³/mol.